The summed E-state index contributed by atoms with van der Waals surface area (Å²) in [5, 5.41) is 13.6. The number of benzene rings is 1. The minimum atomic E-state index is -1.41. The summed E-state index contributed by atoms with van der Waals surface area (Å²) < 4.78 is 17.8. The third-order valence-corrected chi connectivity index (χ3v) is 3.03. The summed E-state index contributed by atoms with van der Waals surface area (Å²) in [7, 11) is 0. The maximum atomic E-state index is 12.9. The number of carboxylic acid groups (broad SMARTS) is 1. The lowest BCUT2D eigenvalue weighted by molar-refractivity contribution is -0.135. The Morgan fingerprint density at radius 3 is 2.20 bits per heavy atom. The van der Waals surface area contributed by atoms with Crippen LogP contribution < -0.4 is 0 Å². The second-order valence-electron chi connectivity index (χ2n) is 6.16. The van der Waals surface area contributed by atoms with Crippen molar-refractivity contribution in [2.45, 2.75) is 39.7 Å². The van der Waals surface area contributed by atoms with E-state index < -0.39 is 34.9 Å². The molecule has 1 N–H and O–H groups in total. The van der Waals surface area contributed by atoms with Gasteiger partial charge in [0, 0.05) is 6.42 Å². The monoisotopic (exact) mass is 352 g/mol. The molecule has 0 heterocycles. The van der Waals surface area contributed by atoms with Crippen LogP contribution >= 0.6 is 0 Å². The summed E-state index contributed by atoms with van der Waals surface area (Å²) in [5.74, 6) is -2.19. The summed E-state index contributed by atoms with van der Waals surface area (Å²) in [5.41, 5.74) is -1.13. The Balaban J connectivity index is 3.20. The zero-order valence-corrected chi connectivity index (χ0v) is 14.6. The molecule has 0 radical (unpaired) electrons. The van der Waals surface area contributed by atoms with E-state index in [0.29, 0.717) is 10.6 Å². The van der Waals surface area contributed by atoms with Crippen LogP contribution in [0.25, 0.3) is 0 Å². The first kappa shape index (κ1) is 20.3. The van der Waals surface area contributed by atoms with Crippen LogP contribution in [-0.4, -0.2) is 45.8 Å². The lowest BCUT2D eigenvalue weighted by Gasteiger charge is -2.28. The smallest absolute Gasteiger partial charge is 0.428 e. The molecule has 1 rings (SSSR count). The molecule has 1 aromatic rings. The van der Waals surface area contributed by atoms with Crippen LogP contribution in [0.5, 0.6) is 0 Å². The molecule has 0 atom stereocenters. The normalized spacial score (nSPS) is 11.8. The average Bonchev–Trinajstić information content (AvgIpc) is 2.48. The van der Waals surface area contributed by atoms with Gasteiger partial charge < -0.3 is 9.84 Å². The molecule has 0 aromatic heterocycles. The second kappa shape index (κ2) is 8.36. The SMILES string of the molecule is CCOC(=O)C(=NN(C(=O)O)C(C)(C)C)C(=O)Cc1ccc(F)cc1. The molecule has 0 spiro atoms. The summed E-state index contributed by atoms with van der Waals surface area (Å²) in [6.45, 7) is 6.26. The number of hydrogen-bond donors (Lipinski definition) is 1. The molecule has 0 aliphatic carbocycles. The third-order valence-electron chi connectivity index (χ3n) is 3.03. The van der Waals surface area contributed by atoms with E-state index in [-0.39, 0.29) is 13.0 Å². The van der Waals surface area contributed by atoms with E-state index in [1.165, 1.54) is 24.3 Å². The van der Waals surface area contributed by atoms with Crippen molar-refractivity contribution in [3.63, 3.8) is 0 Å². The van der Waals surface area contributed by atoms with Gasteiger partial charge in [-0.2, -0.15) is 10.1 Å². The van der Waals surface area contributed by atoms with Gasteiger partial charge in [0.15, 0.2) is 5.78 Å². The van der Waals surface area contributed by atoms with Crippen LogP contribution in [0.3, 0.4) is 0 Å². The molecule has 0 bridgehead atoms. The molecule has 1 amide bonds. The first-order chi connectivity index (χ1) is 11.6. The fourth-order valence-corrected chi connectivity index (χ4v) is 1.86. The maximum Gasteiger partial charge on any atom is 0.428 e. The molecule has 0 fully saturated rings. The predicted octanol–water partition coefficient (Wildman–Crippen LogP) is 2.63. The minimum Gasteiger partial charge on any atom is -0.464 e. The van der Waals surface area contributed by atoms with Gasteiger partial charge >= 0.3 is 12.1 Å². The zero-order valence-electron chi connectivity index (χ0n) is 14.6. The topological polar surface area (TPSA) is 96.3 Å². The lowest BCUT2D eigenvalue weighted by Crippen LogP contribution is -2.43. The van der Waals surface area contributed by atoms with Crippen molar-refractivity contribution in [3.05, 3.63) is 35.6 Å². The van der Waals surface area contributed by atoms with Gasteiger partial charge in [-0.3, -0.25) is 4.79 Å². The van der Waals surface area contributed by atoms with Crippen LogP contribution in [0.4, 0.5) is 9.18 Å². The van der Waals surface area contributed by atoms with Crippen LogP contribution in [-0.2, 0) is 20.7 Å². The molecule has 0 aliphatic heterocycles. The van der Waals surface area contributed by atoms with Crippen LogP contribution in [0.2, 0.25) is 0 Å². The largest absolute Gasteiger partial charge is 0.464 e. The van der Waals surface area contributed by atoms with Gasteiger partial charge in [0.25, 0.3) is 0 Å². The number of nitrogens with zero attached hydrogens (tertiary/aromatic N) is 2. The second-order valence-corrected chi connectivity index (χ2v) is 6.16. The average molecular weight is 352 g/mol. The Morgan fingerprint density at radius 2 is 1.76 bits per heavy atom. The highest BCUT2D eigenvalue weighted by atomic mass is 19.1. The van der Waals surface area contributed by atoms with Gasteiger partial charge in [0.1, 0.15) is 5.82 Å². The summed E-state index contributed by atoms with van der Waals surface area (Å²) in [4.78, 5) is 35.9. The Morgan fingerprint density at radius 1 is 1.20 bits per heavy atom. The first-order valence-corrected chi connectivity index (χ1v) is 7.62. The van der Waals surface area contributed by atoms with Gasteiger partial charge in [-0.25, -0.2) is 14.0 Å². The molecule has 136 valence electrons. The molecule has 7 nitrogen and oxygen atoms in total. The predicted molar refractivity (Wildman–Crippen MR) is 88.8 cm³/mol. The number of rotatable bonds is 6. The van der Waals surface area contributed by atoms with Crippen molar-refractivity contribution in [2.75, 3.05) is 6.61 Å². The molecule has 1 aromatic carbocycles. The molecular weight excluding hydrogens is 331 g/mol. The fraction of sp³-hybridized carbons (Fsp3) is 0.412. The molecule has 0 aliphatic rings. The molecule has 0 unspecified atom stereocenters. The van der Waals surface area contributed by atoms with E-state index in [9.17, 15) is 23.9 Å². The lowest BCUT2D eigenvalue weighted by atomic mass is 10.1. The molecule has 0 saturated heterocycles. The highest BCUT2D eigenvalue weighted by molar-refractivity contribution is 6.64. The van der Waals surface area contributed by atoms with E-state index in [1.807, 2.05) is 0 Å². The Bertz CT molecular complexity index is 677. The number of esters is 1. The van der Waals surface area contributed by atoms with Crippen molar-refractivity contribution in [1.82, 2.24) is 5.01 Å². The highest BCUT2D eigenvalue weighted by Crippen LogP contribution is 2.15. The van der Waals surface area contributed by atoms with Gasteiger partial charge in [-0.05, 0) is 45.4 Å². The number of ether oxygens (including phenoxy) is 1. The van der Waals surface area contributed by atoms with Crippen molar-refractivity contribution in [3.8, 4) is 0 Å². The van der Waals surface area contributed by atoms with Crippen molar-refractivity contribution < 1.29 is 28.6 Å². The van der Waals surface area contributed by atoms with E-state index in [0.717, 1.165) is 0 Å². The Hall–Kier alpha value is -2.77. The van der Waals surface area contributed by atoms with E-state index >= 15 is 0 Å². The minimum absolute atomic E-state index is 0.00424. The third kappa shape index (κ3) is 5.98. The van der Waals surface area contributed by atoms with Gasteiger partial charge in [-0.15, -0.1) is 0 Å². The van der Waals surface area contributed by atoms with E-state index in [4.69, 9.17) is 4.74 Å². The van der Waals surface area contributed by atoms with Crippen LogP contribution in [0.1, 0.15) is 33.3 Å². The Kier molecular flexibility index (Phi) is 6.78. The van der Waals surface area contributed by atoms with Gasteiger partial charge in [0.2, 0.25) is 5.71 Å². The summed E-state index contributed by atoms with van der Waals surface area (Å²) >= 11 is 0. The van der Waals surface area contributed by atoms with Crippen molar-refractivity contribution in [2.24, 2.45) is 5.10 Å². The van der Waals surface area contributed by atoms with Gasteiger partial charge in [0.05, 0.1) is 12.1 Å². The number of amides is 1. The number of Topliss-reactive ketones (excluding diaryl/α,β-unsaturated/α-hetero) is 1. The molecule has 0 saturated carbocycles. The number of ketones is 1. The molecular formula is C17H21FN2O5. The first-order valence-electron chi connectivity index (χ1n) is 7.62. The van der Waals surface area contributed by atoms with E-state index in [2.05, 4.69) is 5.10 Å². The van der Waals surface area contributed by atoms with Gasteiger partial charge in [-0.1, -0.05) is 12.1 Å². The summed E-state index contributed by atoms with van der Waals surface area (Å²) in [6, 6.07) is 5.16. The van der Waals surface area contributed by atoms with E-state index in [1.54, 1.807) is 27.7 Å². The number of carbonyl (C=O) groups excluding carboxylic acids is 2. The number of halogens is 1. The number of hydrogen-bond acceptors (Lipinski definition) is 5. The van der Waals surface area contributed by atoms with Crippen LogP contribution in [0, 0.1) is 5.82 Å². The molecule has 8 heteroatoms. The number of carbonyl (C=O) groups is 3. The summed E-state index contributed by atoms with van der Waals surface area (Å²) in [6.07, 6.45) is -1.65. The quantitative estimate of drug-likeness (QED) is 0.367. The van der Waals surface area contributed by atoms with Crippen molar-refractivity contribution in [1.29, 1.82) is 0 Å². The Labute approximate surface area is 145 Å². The maximum absolute atomic E-state index is 12.9. The fourth-order valence-electron chi connectivity index (χ4n) is 1.86. The highest BCUT2D eigenvalue weighted by Gasteiger charge is 2.31. The van der Waals surface area contributed by atoms with Crippen LogP contribution in [0.15, 0.2) is 29.4 Å². The number of hydrazone groups is 1. The van der Waals surface area contributed by atoms with Crippen molar-refractivity contribution >= 4 is 23.6 Å². The molecule has 25 heavy (non-hydrogen) atoms. The zero-order chi connectivity index (χ0) is 19.2. The standard InChI is InChI=1S/C17H21FN2O5/c1-5-25-15(22)14(19-20(16(23)24)17(2,3)4)13(21)10-11-6-8-12(18)9-7-11/h6-9H,5,10H2,1-4H3,(H,23,24).